The lowest BCUT2D eigenvalue weighted by molar-refractivity contribution is 0.0954. The zero-order valence-electron chi connectivity index (χ0n) is 9.06. The van der Waals surface area contributed by atoms with E-state index in [4.69, 9.17) is 11.6 Å². The Labute approximate surface area is 97.7 Å². The van der Waals surface area contributed by atoms with Gasteiger partial charge in [-0.25, -0.2) is 15.6 Å². The Hall–Kier alpha value is -2.35. The van der Waals surface area contributed by atoms with Crippen molar-refractivity contribution in [2.75, 3.05) is 18.5 Å². The number of carbonyl (C=O) groups excluding carboxylic acids is 2. The summed E-state index contributed by atoms with van der Waals surface area (Å²) >= 11 is 0. The minimum absolute atomic E-state index is 0.257. The molecule has 0 aliphatic rings. The van der Waals surface area contributed by atoms with Gasteiger partial charge in [0.25, 0.3) is 5.91 Å². The molecule has 1 aromatic heterocycles. The normalized spacial score (nSPS) is 9.47. The van der Waals surface area contributed by atoms with Crippen molar-refractivity contribution in [3.05, 3.63) is 23.9 Å². The molecular weight excluding hydrogens is 224 g/mol. The summed E-state index contributed by atoms with van der Waals surface area (Å²) in [6, 6.07) is 2.57. The Morgan fingerprint density at radius 3 is 2.65 bits per heavy atom. The van der Waals surface area contributed by atoms with Crippen molar-refractivity contribution in [1.82, 2.24) is 15.6 Å². The van der Waals surface area contributed by atoms with Gasteiger partial charge in [-0.2, -0.15) is 0 Å². The SMILES string of the molecule is NNc1ncccc1C(=O)NCCNC(N)=O. The first-order valence-electron chi connectivity index (χ1n) is 4.88. The van der Waals surface area contributed by atoms with Crippen molar-refractivity contribution in [3.8, 4) is 0 Å². The van der Waals surface area contributed by atoms with Crippen molar-refractivity contribution >= 4 is 17.8 Å². The molecule has 8 heteroatoms. The molecule has 0 unspecified atom stereocenters. The van der Waals surface area contributed by atoms with Gasteiger partial charge in [0.2, 0.25) is 0 Å². The van der Waals surface area contributed by atoms with E-state index in [-0.39, 0.29) is 24.8 Å². The number of hydrazine groups is 1. The second-order valence-corrected chi connectivity index (χ2v) is 3.09. The highest BCUT2D eigenvalue weighted by atomic mass is 16.2. The molecule has 0 radical (unpaired) electrons. The third-order valence-corrected chi connectivity index (χ3v) is 1.90. The standard InChI is InChI=1S/C9H14N6O2/c10-9(17)14-5-4-13-8(16)6-2-1-3-12-7(6)15-11/h1-3H,4-5,11H2,(H,12,15)(H,13,16)(H3,10,14,17). The Kier molecular flexibility index (Phi) is 4.70. The molecule has 0 aromatic carbocycles. The number of carbonyl (C=O) groups is 2. The topological polar surface area (TPSA) is 135 Å². The first kappa shape index (κ1) is 12.7. The van der Waals surface area contributed by atoms with Crippen LogP contribution in [0.15, 0.2) is 18.3 Å². The van der Waals surface area contributed by atoms with Crippen LogP contribution in [-0.2, 0) is 0 Å². The van der Waals surface area contributed by atoms with E-state index in [0.717, 1.165) is 0 Å². The number of nitrogens with two attached hydrogens (primary N) is 2. The van der Waals surface area contributed by atoms with Crippen LogP contribution in [0.25, 0.3) is 0 Å². The van der Waals surface area contributed by atoms with Crippen molar-refractivity contribution in [3.63, 3.8) is 0 Å². The van der Waals surface area contributed by atoms with Gasteiger partial charge in [0, 0.05) is 19.3 Å². The highest BCUT2D eigenvalue weighted by Crippen LogP contribution is 2.08. The third kappa shape index (κ3) is 3.95. The van der Waals surface area contributed by atoms with Crippen LogP contribution in [0.5, 0.6) is 0 Å². The summed E-state index contributed by atoms with van der Waals surface area (Å²) in [5.41, 5.74) is 7.52. The van der Waals surface area contributed by atoms with Crippen LogP contribution in [0, 0.1) is 0 Å². The third-order valence-electron chi connectivity index (χ3n) is 1.90. The molecule has 0 aliphatic carbocycles. The minimum Gasteiger partial charge on any atom is -0.352 e. The maximum Gasteiger partial charge on any atom is 0.312 e. The number of rotatable bonds is 5. The van der Waals surface area contributed by atoms with Gasteiger partial charge in [0.1, 0.15) is 0 Å². The number of nitrogens with one attached hydrogen (secondary N) is 3. The summed E-state index contributed by atoms with van der Waals surface area (Å²) in [7, 11) is 0. The monoisotopic (exact) mass is 238 g/mol. The van der Waals surface area contributed by atoms with Crippen LogP contribution in [-0.4, -0.2) is 30.0 Å². The molecule has 0 spiro atoms. The van der Waals surface area contributed by atoms with E-state index in [0.29, 0.717) is 5.56 Å². The largest absolute Gasteiger partial charge is 0.352 e. The Bertz CT molecular complexity index is 408. The van der Waals surface area contributed by atoms with Crippen molar-refractivity contribution in [2.45, 2.75) is 0 Å². The van der Waals surface area contributed by atoms with Gasteiger partial charge in [-0.3, -0.25) is 4.79 Å². The van der Waals surface area contributed by atoms with Gasteiger partial charge in [-0.1, -0.05) is 0 Å². The fourth-order valence-electron chi connectivity index (χ4n) is 1.16. The smallest absolute Gasteiger partial charge is 0.312 e. The fourth-order valence-corrected chi connectivity index (χ4v) is 1.16. The number of hydrogen-bond acceptors (Lipinski definition) is 5. The van der Waals surface area contributed by atoms with Gasteiger partial charge >= 0.3 is 6.03 Å². The predicted molar refractivity (Wildman–Crippen MR) is 62.0 cm³/mol. The zero-order valence-corrected chi connectivity index (χ0v) is 9.06. The van der Waals surface area contributed by atoms with Gasteiger partial charge in [-0.05, 0) is 12.1 Å². The minimum atomic E-state index is -0.634. The van der Waals surface area contributed by atoms with Crippen LogP contribution in [0.1, 0.15) is 10.4 Å². The number of primary amides is 1. The molecule has 1 rings (SSSR count). The van der Waals surface area contributed by atoms with Crippen LogP contribution in [0.3, 0.4) is 0 Å². The molecule has 0 bridgehead atoms. The summed E-state index contributed by atoms with van der Waals surface area (Å²) in [6.07, 6.45) is 1.51. The predicted octanol–water partition coefficient (Wildman–Crippen LogP) is -1.23. The summed E-state index contributed by atoms with van der Waals surface area (Å²) in [6.45, 7) is 0.521. The van der Waals surface area contributed by atoms with Crippen molar-refractivity contribution in [2.24, 2.45) is 11.6 Å². The second-order valence-electron chi connectivity index (χ2n) is 3.09. The fraction of sp³-hybridized carbons (Fsp3) is 0.222. The number of nitrogens with zero attached hydrogens (tertiary/aromatic N) is 1. The second kappa shape index (κ2) is 6.28. The molecule has 1 aromatic rings. The molecule has 0 atom stereocenters. The molecule has 0 saturated carbocycles. The summed E-state index contributed by atoms with van der Waals surface area (Å²) in [5.74, 6) is 5.17. The van der Waals surface area contributed by atoms with E-state index in [2.05, 4.69) is 21.0 Å². The number of urea groups is 1. The van der Waals surface area contributed by atoms with E-state index in [1.807, 2.05) is 0 Å². The highest BCUT2D eigenvalue weighted by Gasteiger charge is 2.10. The Morgan fingerprint density at radius 2 is 2.00 bits per heavy atom. The zero-order chi connectivity index (χ0) is 12.7. The van der Waals surface area contributed by atoms with E-state index < -0.39 is 6.03 Å². The lowest BCUT2D eigenvalue weighted by Crippen LogP contribution is -2.37. The maximum absolute atomic E-state index is 11.7. The number of hydrogen-bond donors (Lipinski definition) is 5. The van der Waals surface area contributed by atoms with E-state index >= 15 is 0 Å². The molecule has 92 valence electrons. The van der Waals surface area contributed by atoms with Crippen LogP contribution in [0.4, 0.5) is 10.6 Å². The van der Waals surface area contributed by atoms with E-state index in [9.17, 15) is 9.59 Å². The lowest BCUT2D eigenvalue weighted by atomic mass is 10.2. The number of amides is 3. The Balaban J connectivity index is 2.49. The van der Waals surface area contributed by atoms with Gasteiger partial charge in [0.15, 0.2) is 5.82 Å². The number of nitrogen functional groups attached to an aromatic ring is 1. The Morgan fingerprint density at radius 1 is 1.29 bits per heavy atom. The summed E-state index contributed by atoms with van der Waals surface area (Å²) in [5, 5.41) is 4.93. The molecule has 17 heavy (non-hydrogen) atoms. The molecule has 3 amide bonds. The summed E-state index contributed by atoms with van der Waals surface area (Å²) in [4.78, 5) is 25.9. The van der Waals surface area contributed by atoms with Crippen molar-refractivity contribution in [1.29, 1.82) is 0 Å². The molecule has 1 heterocycles. The van der Waals surface area contributed by atoms with Gasteiger partial charge in [0.05, 0.1) is 5.56 Å². The molecule has 0 aliphatic heterocycles. The first-order valence-corrected chi connectivity index (χ1v) is 4.88. The molecule has 0 fully saturated rings. The van der Waals surface area contributed by atoms with Crippen LogP contribution >= 0.6 is 0 Å². The van der Waals surface area contributed by atoms with Gasteiger partial charge in [-0.15, -0.1) is 0 Å². The average Bonchev–Trinajstić information content (AvgIpc) is 2.34. The van der Waals surface area contributed by atoms with Gasteiger partial charge < -0.3 is 21.8 Å². The average molecular weight is 238 g/mol. The molecule has 8 nitrogen and oxygen atoms in total. The highest BCUT2D eigenvalue weighted by molar-refractivity contribution is 5.98. The molecule has 7 N–H and O–H groups in total. The van der Waals surface area contributed by atoms with E-state index in [1.54, 1.807) is 12.1 Å². The van der Waals surface area contributed by atoms with E-state index in [1.165, 1.54) is 6.20 Å². The van der Waals surface area contributed by atoms with Crippen LogP contribution in [0.2, 0.25) is 0 Å². The lowest BCUT2D eigenvalue weighted by Gasteiger charge is -2.08. The number of pyridine rings is 1. The first-order chi connectivity index (χ1) is 8.15. The van der Waals surface area contributed by atoms with Crippen LogP contribution < -0.4 is 27.6 Å². The maximum atomic E-state index is 11.7. The molecular formula is C9H14N6O2. The number of anilines is 1. The summed E-state index contributed by atoms with van der Waals surface area (Å²) < 4.78 is 0. The number of aromatic nitrogens is 1. The quantitative estimate of drug-likeness (QED) is 0.248. The molecule has 0 saturated heterocycles. The van der Waals surface area contributed by atoms with Crippen molar-refractivity contribution < 1.29 is 9.59 Å².